The number of nitrogens with zero attached hydrogens (tertiary/aromatic N) is 1. The van der Waals surface area contributed by atoms with Crippen LogP contribution in [0.3, 0.4) is 0 Å². The Bertz CT molecular complexity index is 1150. The number of hydrogen-bond acceptors (Lipinski definition) is 3. The number of amides is 1. The molecule has 0 saturated carbocycles. The summed E-state index contributed by atoms with van der Waals surface area (Å²) in [4.78, 5) is 12.4. The van der Waals surface area contributed by atoms with Gasteiger partial charge in [0.2, 0.25) is 0 Å². The topological polar surface area (TPSA) is 62.1 Å². The third kappa shape index (κ3) is 5.73. The number of carbonyl (C=O) groups is 1. The summed E-state index contributed by atoms with van der Waals surface area (Å²) >= 11 is 9.55. The molecule has 1 N–H and O–H groups in total. The van der Waals surface area contributed by atoms with Crippen molar-refractivity contribution >= 4 is 45.2 Å². The molecule has 0 heterocycles. The predicted octanol–water partition coefficient (Wildman–Crippen LogP) is 6.54. The van der Waals surface area contributed by atoms with Crippen LogP contribution in [0.15, 0.2) is 76.8 Å². The molecule has 0 aliphatic rings. The van der Waals surface area contributed by atoms with Gasteiger partial charge in [0, 0.05) is 0 Å². The number of hydrogen-bond donors (Lipinski definition) is 1. The van der Waals surface area contributed by atoms with Crippen LogP contribution >= 0.6 is 27.5 Å². The van der Waals surface area contributed by atoms with Crippen molar-refractivity contribution in [1.29, 1.82) is 5.26 Å². The molecule has 3 rings (SSSR count). The van der Waals surface area contributed by atoms with Crippen LogP contribution in [0.4, 0.5) is 5.69 Å². The fraction of sp³-hybridized carbons (Fsp3) is 0.0833. The lowest BCUT2D eigenvalue weighted by Gasteiger charge is -2.10. The van der Waals surface area contributed by atoms with Gasteiger partial charge in [0.15, 0.2) is 0 Å². The lowest BCUT2D eigenvalue weighted by atomic mass is 10.1. The third-order valence-corrected chi connectivity index (χ3v) is 5.18. The van der Waals surface area contributed by atoms with Crippen LogP contribution in [-0.2, 0) is 11.4 Å². The van der Waals surface area contributed by atoms with Gasteiger partial charge in [-0.1, -0.05) is 59.6 Å². The van der Waals surface area contributed by atoms with E-state index in [0.29, 0.717) is 28.6 Å². The average molecular weight is 482 g/mol. The van der Waals surface area contributed by atoms with Crippen molar-refractivity contribution in [3.63, 3.8) is 0 Å². The summed E-state index contributed by atoms with van der Waals surface area (Å²) in [6.45, 7) is 2.48. The summed E-state index contributed by atoms with van der Waals surface area (Å²) < 4.78 is 6.61. The second-order valence-corrected chi connectivity index (χ2v) is 7.83. The van der Waals surface area contributed by atoms with Crippen LogP contribution in [0.1, 0.15) is 16.7 Å². The molecule has 0 aromatic heterocycles. The van der Waals surface area contributed by atoms with E-state index in [0.717, 1.165) is 10.0 Å². The SMILES string of the molecule is Cc1cccc(COc2ccc(/C=C(\C#N)C(=O)Nc3ccccc3Cl)cc2Br)c1. The van der Waals surface area contributed by atoms with Gasteiger partial charge in [-0.25, -0.2) is 0 Å². The zero-order valence-electron chi connectivity index (χ0n) is 16.2. The average Bonchev–Trinajstić information content (AvgIpc) is 2.73. The van der Waals surface area contributed by atoms with Crippen molar-refractivity contribution in [3.8, 4) is 11.8 Å². The molecular weight excluding hydrogens is 464 g/mol. The van der Waals surface area contributed by atoms with Crippen LogP contribution in [0.5, 0.6) is 5.75 Å². The summed E-state index contributed by atoms with van der Waals surface area (Å²) in [7, 11) is 0. The number of rotatable bonds is 6. The molecule has 150 valence electrons. The maximum absolute atomic E-state index is 12.4. The van der Waals surface area contributed by atoms with E-state index in [1.54, 1.807) is 42.5 Å². The highest BCUT2D eigenvalue weighted by Gasteiger charge is 2.12. The molecule has 0 fully saturated rings. The molecule has 3 aromatic carbocycles. The number of para-hydroxylation sites is 1. The number of carbonyl (C=O) groups excluding carboxylic acids is 1. The van der Waals surface area contributed by atoms with E-state index >= 15 is 0 Å². The molecule has 0 atom stereocenters. The molecule has 3 aromatic rings. The number of ether oxygens (including phenoxy) is 1. The highest BCUT2D eigenvalue weighted by molar-refractivity contribution is 9.10. The Morgan fingerprint density at radius 1 is 1.17 bits per heavy atom. The van der Waals surface area contributed by atoms with E-state index in [2.05, 4.69) is 27.3 Å². The van der Waals surface area contributed by atoms with Gasteiger partial charge in [-0.15, -0.1) is 0 Å². The largest absolute Gasteiger partial charge is 0.488 e. The van der Waals surface area contributed by atoms with E-state index in [-0.39, 0.29) is 5.57 Å². The summed E-state index contributed by atoms with van der Waals surface area (Å²) in [5.74, 6) is 0.147. The molecule has 6 heteroatoms. The van der Waals surface area contributed by atoms with Crippen molar-refractivity contribution in [2.75, 3.05) is 5.32 Å². The van der Waals surface area contributed by atoms with E-state index in [1.807, 2.05) is 31.2 Å². The smallest absolute Gasteiger partial charge is 0.266 e. The van der Waals surface area contributed by atoms with Gasteiger partial charge < -0.3 is 10.1 Å². The normalized spacial score (nSPS) is 10.9. The Morgan fingerprint density at radius 3 is 2.67 bits per heavy atom. The standard InChI is InChI=1S/C24H18BrClN2O2/c1-16-5-4-6-18(11-16)15-30-23-10-9-17(13-20(23)25)12-19(14-27)24(29)28-22-8-3-2-7-21(22)26/h2-13H,15H2,1H3,(H,28,29)/b19-12+. The molecule has 0 spiro atoms. The molecule has 1 amide bonds. The van der Waals surface area contributed by atoms with Crippen LogP contribution in [0, 0.1) is 18.3 Å². The van der Waals surface area contributed by atoms with E-state index in [1.165, 1.54) is 11.6 Å². The maximum atomic E-state index is 12.4. The zero-order chi connectivity index (χ0) is 21.5. The summed E-state index contributed by atoms with van der Waals surface area (Å²) in [6, 6.07) is 22.3. The summed E-state index contributed by atoms with van der Waals surface area (Å²) in [6.07, 6.45) is 1.52. The molecule has 4 nitrogen and oxygen atoms in total. The van der Waals surface area contributed by atoms with Gasteiger partial charge in [-0.05, 0) is 64.3 Å². The van der Waals surface area contributed by atoms with Gasteiger partial charge in [-0.2, -0.15) is 5.26 Å². The Hall–Kier alpha value is -3.07. The van der Waals surface area contributed by atoms with Crippen LogP contribution in [0.25, 0.3) is 6.08 Å². The minimum atomic E-state index is -0.526. The molecule has 0 saturated heterocycles. The number of nitriles is 1. The fourth-order valence-corrected chi connectivity index (χ4v) is 3.45. The minimum Gasteiger partial charge on any atom is -0.488 e. The van der Waals surface area contributed by atoms with Crippen molar-refractivity contribution in [2.45, 2.75) is 13.5 Å². The number of benzene rings is 3. The molecule has 0 radical (unpaired) electrons. The molecule has 0 aliphatic carbocycles. The van der Waals surface area contributed by atoms with Crippen LogP contribution in [0.2, 0.25) is 5.02 Å². The van der Waals surface area contributed by atoms with Gasteiger partial charge in [0.05, 0.1) is 15.2 Å². The zero-order valence-corrected chi connectivity index (χ0v) is 18.5. The second-order valence-electron chi connectivity index (χ2n) is 6.57. The van der Waals surface area contributed by atoms with Crippen molar-refractivity contribution in [3.05, 3.63) is 98.5 Å². The first-order chi connectivity index (χ1) is 14.5. The highest BCUT2D eigenvalue weighted by atomic mass is 79.9. The van der Waals surface area contributed by atoms with E-state index in [9.17, 15) is 10.1 Å². The second kappa shape index (κ2) is 10.1. The fourth-order valence-electron chi connectivity index (χ4n) is 2.75. The lowest BCUT2D eigenvalue weighted by molar-refractivity contribution is -0.112. The summed E-state index contributed by atoms with van der Waals surface area (Å²) in [5, 5.41) is 12.5. The molecule has 0 aliphatic heterocycles. The first-order valence-corrected chi connectivity index (χ1v) is 10.3. The third-order valence-electron chi connectivity index (χ3n) is 4.23. The van der Waals surface area contributed by atoms with Gasteiger partial charge in [0.1, 0.15) is 24.0 Å². The van der Waals surface area contributed by atoms with E-state index < -0.39 is 5.91 Å². The Kier molecular flexibility index (Phi) is 7.29. The number of halogens is 2. The monoisotopic (exact) mass is 480 g/mol. The molecule has 0 unspecified atom stereocenters. The summed E-state index contributed by atoms with van der Waals surface area (Å²) in [5.41, 5.74) is 3.36. The first kappa shape index (κ1) is 21.6. The maximum Gasteiger partial charge on any atom is 0.266 e. The Balaban J connectivity index is 1.72. The number of aryl methyl sites for hydroxylation is 1. The lowest BCUT2D eigenvalue weighted by Crippen LogP contribution is -2.13. The van der Waals surface area contributed by atoms with Crippen LogP contribution < -0.4 is 10.1 Å². The Labute approximate surface area is 188 Å². The van der Waals surface area contributed by atoms with Gasteiger partial charge in [-0.3, -0.25) is 4.79 Å². The Morgan fingerprint density at radius 2 is 1.97 bits per heavy atom. The van der Waals surface area contributed by atoms with Crippen molar-refractivity contribution in [1.82, 2.24) is 0 Å². The molecule has 0 bridgehead atoms. The van der Waals surface area contributed by atoms with Crippen molar-refractivity contribution in [2.24, 2.45) is 0 Å². The predicted molar refractivity (Wildman–Crippen MR) is 123 cm³/mol. The molecular formula is C24H18BrClN2O2. The van der Waals surface area contributed by atoms with Gasteiger partial charge in [0.25, 0.3) is 5.91 Å². The minimum absolute atomic E-state index is 0.0322. The highest BCUT2D eigenvalue weighted by Crippen LogP contribution is 2.28. The van der Waals surface area contributed by atoms with Gasteiger partial charge >= 0.3 is 0 Å². The van der Waals surface area contributed by atoms with E-state index in [4.69, 9.17) is 16.3 Å². The number of nitrogens with one attached hydrogen (secondary N) is 1. The first-order valence-electron chi connectivity index (χ1n) is 9.12. The molecule has 30 heavy (non-hydrogen) atoms. The van der Waals surface area contributed by atoms with Crippen molar-refractivity contribution < 1.29 is 9.53 Å². The van der Waals surface area contributed by atoms with Crippen LogP contribution in [-0.4, -0.2) is 5.91 Å². The number of anilines is 1. The quantitative estimate of drug-likeness (QED) is 0.321.